The topological polar surface area (TPSA) is 76.6 Å². The Labute approximate surface area is 180 Å². The molecule has 1 aromatic carbocycles. The van der Waals surface area contributed by atoms with Gasteiger partial charge in [-0.05, 0) is 25.0 Å². The lowest BCUT2D eigenvalue weighted by Gasteiger charge is -2.22. The summed E-state index contributed by atoms with van der Waals surface area (Å²) < 4.78 is 51.5. The van der Waals surface area contributed by atoms with Crippen molar-refractivity contribution in [3.8, 4) is 0 Å². The molecule has 0 bridgehead atoms. The highest BCUT2D eigenvalue weighted by atomic mass is 79.9. The van der Waals surface area contributed by atoms with Crippen LogP contribution < -0.4 is 9.24 Å². The third kappa shape index (κ3) is 5.82. The number of halogens is 4. The zero-order valence-corrected chi connectivity index (χ0v) is 18.2. The summed E-state index contributed by atoms with van der Waals surface area (Å²) in [5.41, 5.74) is -0.466. The number of rotatable bonds is 9. The summed E-state index contributed by atoms with van der Waals surface area (Å²) >= 11 is 3.25. The highest BCUT2D eigenvalue weighted by molar-refractivity contribution is 9.10. The number of nitrogens with zero attached hydrogens (tertiary/aromatic N) is 3. The van der Waals surface area contributed by atoms with Crippen molar-refractivity contribution in [3.63, 3.8) is 0 Å². The largest absolute Gasteiger partial charge is 0.465 e. The number of para-hydroxylation sites is 1. The summed E-state index contributed by atoms with van der Waals surface area (Å²) in [6, 6.07) is 6.13. The molecule has 2 aromatic rings. The molecule has 11 heteroatoms. The third-order valence-electron chi connectivity index (χ3n) is 4.28. The first-order valence-electron chi connectivity index (χ1n) is 9.05. The molecular weight excluding hydrogens is 469 g/mol. The molecule has 164 valence electrons. The summed E-state index contributed by atoms with van der Waals surface area (Å²) in [4.78, 5) is 19.9. The number of anilines is 3. The van der Waals surface area contributed by atoms with E-state index in [9.17, 15) is 18.0 Å². The fourth-order valence-electron chi connectivity index (χ4n) is 2.65. The molecule has 1 unspecified atom stereocenters. The second-order valence-corrected chi connectivity index (χ2v) is 6.96. The molecular formula is C19H22BrF3N4O3. The maximum Gasteiger partial charge on any atom is 0.421 e. The van der Waals surface area contributed by atoms with E-state index in [0.717, 1.165) is 0 Å². The first-order valence-corrected chi connectivity index (χ1v) is 9.76. The number of esters is 1. The molecule has 1 heterocycles. The molecule has 0 spiro atoms. The molecule has 0 aliphatic heterocycles. The summed E-state index contributed by atoms with van der Waals surface area (Å²) in [5, 5.41) is 2.84. The standard InChI is InChI=1S/C19H22BrF3N4O3/c1-4-12(9-10-29-2)25-16-14(19(21,22)23)11-24-18(26-16)27(20)15-8-6-5-7-13(15)17(28)30-3/h5-8,11-12H,4,9-10H2,1-3H3,(H,24,25,26). The van der Waals surface area contributed by atoms with Crippen molar-refractivity contribution < 1.29 is 27.4 Å². The van der Waals surface area contributed by atoms with E-state index in [1.54, 1.807) is 18.2 Å². The molecule has 0 aliphatic carbocycles. The van der Waals surface area contributed by atoms with E-state index >= 15 is 0 Å². The zero-order chi connectivity index (χ0) is 22.3. The lowest BCUT2D eigenvalue weighted by Crippen LogP contribution is -2.24. The number of carbonyl (C=O) groups is 1. The molecule has 0 aliphatic rings. The van der Waals surface area contributed by atoms with Gasteiger partial charge < -0.3 is 14.8 Å². The molecule has 0 amide bonds. The monoisotopic (exact) mass is 490 g/mol. The van der Waals surface area contributed by atoms with E-state index in [4.69, 9.17) is 9.47 Å². The van der Waals surface area contributed by atoms with Crippen molar-refractivity contribution in [3.05, 3.63) is 41.6 Å². The first-order chi connectivity index (χ1) is 14.2. The number of ether oxygens (including phenoxy) is 2. The molecule has 30 heavy (non-hydrogen) atoms. The number of methoxy groups -OCH3 is 2. The van der Waals surface area contributed by atoms with E-state index in [1.807, 2.05) is 6.92 Å². The number of carbonyl (C=O) groups excluding carboxylic acids is 1. The predicted octanol–water partition coefficient (Wildman–Crippen LogP) is 4.96. The van der Waals surface area contributed by atoms with E-state index < -0.39 is 17.7 Å². The smallest absolute Gasteiger partial charge is 0.421 e. The van der Waals surface area contributed by atoms with Gasteiger partial charge in [-0.1, -0.05) is 19.1 Å². The zero-order valence-electron chi connectivity index (χ0n) is 16.7. The Kier molecular flexibility index (Phi) is 8.42. The van der Waals surface area contributed by atoms with Gasteiger partial charge in [-0.25, -0.2) is 13.7 Å². The number of hydrogen-bond acceptors (Lipinski definition) is 7. The van der Waals surface area contributed by atoms with Crippen LogP contribution in [0.3, 0.4) is 0 Å². The molecule has 1 atom stereocenters. The minimum atomic E-state index is -4.64. The van der Waals surface area contributed by atoms with Gasteiger partial charge in [0, 0.05) is 26.0 Å². The SMILES string of the molecule is CCC(CCOC)Nc1nc(N(Br)c2ccccc2C(=O)OC)ncc1C(F)(F)F. The Bertz CT molecular complexity index is 867. The van der Waals surface area contributed by atoms with Gasteiger partial charge in [0.15, 0.2) is 0 Å². The molecule has 0 radical (unpaired) electrons. The fraction of sp³-hybridized carbons (Fsp3) is 0.421. The lowest BCUT2D eigenvalue weighted by molar-refractivity contribution is -0.137. The Morgan fingerprint density at radius 1 is 1.30 bits per heavy atom. The van der Waals surface area contributed by atoms with Gasteiger partial charge >= 0.3 is 12.1 Å². The number of nitrogens with one attached hydrogen (secondary N) is 1. The maximum atomic E-state index is 13.5. The second-order valence-electron chi connectivity index (χ2n) is 6.25. The van der Waals surface area contributed by atoms with Crippen molar-refractivity contribution in [2.75, 3.05) is 30.1 Å². The number of alkyl halides is 3. The van der Waals surface area contributed by atoms with Gasteiger partial charge in [-0.15, -0.1) is 0 Å². The van der Waals surface area contributed by atoms with Crippen LogP contribution in [-0.2, 0) is 15.7 Å². The van der Waals surface area contributed by atoms with Crippen LogP contribution in [0.5, 0.6) is 0 Å². The van der Waals surface area contributed by atoms with Gasteiger partial charge in [0.1, 0.15) is 11.4 Å². The second kappa shape index (κ2) is 10.6. The van der Waals surface area contributed by atoms with E-state index in [-0.39, 0.29) is 23.4 Å². The molecule has 0 saturated carbocycles. The van der Waals surface area contributed by atoms with E-state index in [2.05, 4.69) is 31.4 Å². The minimum Gasteiger partial charge on any atom is -0.465 e. The van der Waals surface area contributed by atoms with E-state index in [0.29, 0.717) is 31.3 Å². The Hall–Kier alpha value is -2.40. The Morgan fingerprint density at radius 2 is 2.00 bits per heavy atom. The Morgan fingerprint density at radius 3 is 2.60 bits per heavy atom. The number of hydrogen-bond donors (Lipinski definition) is 1. The summed E-state index contributed by atoms with van der Waals surface area (Å²) in [5.74, 6) is -1.04. The van der Waals surface area contributed by atoms with Crippen molar-refractivity contribution >= 4 is 39.6 Å². The van der Waals surface area contributed by atoms with Crippen LogP contribution in [-0.4, -0.2) is 42.8 Å². The highest BCUT2D eigenvalue weighted by Crippen LogP contribution is 2.37. The maximum absolute atomic E-state index is 13.5. The van der Waals surface area contributed by atoms with Gasteiger partial charge in [-0.2, -0.15) is 18.2 Å². The highest BCUT2D eigenvalue weighted by Gasteiger charge is 2.36. The third-order valence-corrected chi connectivity index (χ3v) is 4.98. The number of benzene rings is 1. The van der Waals surface area contributed by atoms with Gasteiger partial charge in [0.2, 0.25) is 5.95 Å². The van der Waals surface area contributed by atoms with E-state index in [1.165, 1.54) is 24.2 Å². The van der Waals surface area contributed by atoms with Crippen molar-refractivity contribution in [2.24, 2.45) is 0 Å². The van der Waals surface area contributed by atoms with Crippen LogP contribution in [0.2, 0.25) is 0 Å². The summed E-state index contributed by atoms with van der Waals surface area (Å²) in [7, 11) is 2.76. The Balaban J connectivity index is 2.46. The van der Waals surface area contributed by atoms with Crippen LogP contribution >= 0.6 is 16.1 Å². The fourth-order valence-corrected chi connectivity index (χ4v) is 3.13. The van der Waals surface area contributed by atoms with Crippen LogP contribution in [0.1, 0.15) is 35.7 Å². The first kappa shape index (κ1) is 23.9. The molecule has 1 N–H and O–H groups in total. The van der Waals surface area contributed by atoms with Crippen LogP contribution in [0.25, 0.3) is 0 Å². The molecule has 1 aromatic heterocycles. The lowest BCUT2D eigenvalue weighted by atomic mass is 10.1. The molecule has 2 rings (SSSR count). The quantitative estimate of drug-likeness (QED) is 0.393. The van der Waals surface area contributed by atoms with Crippen LogP contribution in [0, 0.1) is 0 Å². The van der Waals surface area contributed by atoms with Crippen LogP contribution in [0.4, 0.5) is 30.6 Å². The van der Waals surface area contributed by atoms with Crippen molar-refractivity contribution in [1.82, 2.24) is 9.97 Å². The van der Waals surface area contributed by atoms with Crippen molar-refractivity contribution in [1.29, 1.82) is 0 Å². The molecule has 0 saturated heterocycles. The minimum absolute atomic E-state index is 0.0801. The van der Waals surface area contributed by atoms with Gasteiger partial charge in [-0.3, -0.25) is 0 Å². The normalized spacial score (nSPS) is 12.4. The van der Waals surface area contributed by atoms with Gasteiger partial charge in [0.05, 0.1) is 34.5 Å². The summed E-state index contributed by atoms with van der Waals surface area (Å²) in [6.45, 7) is 2.24. The van der Waals surface area contributed by atoms with Crippen molar-refractivity contribution in [2.45, 2.75) is 32.0 Å². The number of aromatic nitrogens is 2. The average molecular weight is 491 g/mol. The summed E-state index contributed by atoms with van der Waals surface area (Å²) in [6.07, 6.45) is -2.85. The average Bonchev–Trinajstić information content (AvgIpc) is 2.74. The molecule has 7 nitrogen and oxygen atoms in total. The van der Waals surface area contributed by atoms with Gasteiger partial charge in [0.25, 0.3) is 0 Å². The molecule has 0 fully saturated rings. The van der Waals surface area contributed by atoms with Crippen LogP contribution in [0.15, 0.2) is 30.5 Å². The predicted molar refractivity (Wildman–Crippen MR) is 110 cm³/mol.